The highest BCUT2D eigenvalue weighted by Gasteiger charge is 2.39. The average Bonchev–Trinajstić information content (AvgIpc) is 3.37. The Kier molecular flexibility index (Phi) is 6.07. The third-order valence-electron chi connectivity index (χ3n) is 6.75. The van der Waals surface area contributed by atoms with Gasteiger partial charge in [0, 0.05) is 16.6 Å². The molecule has 2 heterocycles. The molecule has 182 valence electrons. The molecule has 1 aromatic heterocycles. The zero-order chi connectivity index (χ0) is 24.5. The van der Waals surface area contributed by atoms with Crippen molar-refractivity contribution in [2.24, 2.45) is 0 Å². The van der Waals surface area contributed by atoms with Crippen LogP contribution in [-0.4, -0.2) is 48.0 Å². The monoisotopic (exact) mass is 476 g/mol. The highest BCUT2D eigenvalue weighted by Crippen LogP contribution is 2.36. The third kappa shape index (κ3) is 4.41. The van der Waals surface area contributed by atoms with Crippen LogP contribution in [0.2, 0.25) is 0 Å². The summed E-state index contributed by atoms with van der Waals surface area (Å²) in [5.74, 6) is 0.813. The Bertz CT molecular complexity index is 1280. The van der Waals surface area contributed by atoms with Gasteiger partial charge in [-0.1, -0.05) is 12.1 Å². The molecule has 0 unspecified atom stereocenters. The number of carbonyl (C=O) groups is 3. The Labute approximate surface area is 202 Å². The predicted octanol–water partition coefficient (Wildman–Crippen LogP) is 3.19. The van der Waals surface area contributed by atoms with Gasteiger partial charge in [0.1, 0.15) is 17.5 Å². The minimum Gasteiger partial charge on any atom is -0.497 e. The molecule has 9 heteroatoms. The molecule has 0 spiro atoms. The highest BCUT2D eigenvalue weighted by molar-refractivity contribution is 6.05. The van der Waals surface area contributed by atoms with Crippen molar-refractivity contribution in [2.45, 2.75) is 44.3 Å². The molecule has 35 heavy (non-hydrogen) atoms. The van der Waals surface area contributed by atoms with E-state index in [1.54, 1.807) is 38.5 Å². The zero-order valence-corrected chi connectivity index (χ0v) is 19.7. The molecule has 2 aromatic carbocycles. The van der Waals surface area contributed by atoms with E-state index < -0.39 is 18.0 Å². The molecule has 3 N–H and O–H groups in total. The smallest absolute Gasteiger partial charge is 0.325 e. The van der Waals surface area contributed by atoms with Gasteiger partial charge in [0.15, 0.2) is 0 Å². The van der Waals surface area contributed by atoms with E-state index in [9.17, 15) is 14.4 Å². The van der Waals surface area contributed by atoms with Crippen LogP contribution >= 0.6 is 0 Å². The van der Waals surface area contributed by atoms with E-state index in [2.05, 4.69) is 15.6 Å². The maximum absolute atomic E-state index is 12.9. The zero-order valence-electron chi connectivity index (χ0n) is 19.7. The summed E-state index contributed by atoms with van der Waals surface area (Å²) in [7, 11) is 3.22. The second-order valence-electron chi connectivity index (χ2n) is 8.92. The summed E-state index contributed by atoms with van der Waals surface area (Å²) in [6, 6.07) is 11.5. The van der Waals surface area contributed by atoms with E-state index in [0.717, 1.165) is 52.1 Å². The van der Waals surface area contributed by atoms with Gasteiger partial charge < -0.3 is 25.1 Å². The van der Waals surface area contributed by atoms with Crippen LogP contribution in [0.15, 0.2) is 42.5 Å². The van der Waals surface area contributed by atoms with Crippen LogP contribution < -0.4 is 20.1 Å². The van der Waals surface area contributed by atoms with E-state index >= 15 is 0 Å². The minimum atomic E-state index is -0.879. The number of imide groups is 1. The number of benzene rings is 2. The van der Waals surface area contributed by atoms with Crippen molar-refractivity contribution < 1.29 is 23.9 Å². The van der Waals surface area contributed by atoms with Crippen LogP contribution in [-0.2, 0) is 22.6 Å². The fourth-order valence-corrected chi connectivity index (χ4v) is 4.93. The van der Waals surface area contributed by atoms with Gasteiger partial charge in [0.2, 0.25) is 5.91 Å². The Balaban J connectivity index is 1.24. The number of aryl methyl sites for hydroxylation is 1. The second kappa shape index (κ2) is 9.32. The summed E-state index contributed by atoms with van der Waals surface area (Å²) in [5.41, 5.74) is 3.98. The van der Waals surface area contributed by atoms with E-state index in [4.69, 9.17) is 9.47 Å². The number of hydrogen-bond donors (Lipinski definition) is 3. The first-order chi connectivity index (χ1) is 17.0. The number of hydrogen-bond acceptors (Lipinski definition) is 5. The number of amides is 4. The first-order valence-corrected chi connectivity index (χ1v) is 11.7. The Hall–Kier alpha value is -4.01. The Morgan fingerprint density at radius 1 is 1.09 bits per heavy atom. The first kappa shape index (κ1) is 22.8. The maximum atomic E-state index is 12.9. The molecule has 1 aliphatic carbocycles. The van der Waals surface area contributed by atoms with Crippen molar-refractivity contribution in [3.05, 3.63) is 59.3 Å². The van der Waals surface area contributed by atoms with Crippen molar-refractivity contribution in [2.75, 3.05) is 14.2 Å². The highest BCUT2D eigenvalue weighted by atomic mass is 16.5. The van der Waals surface area contributed by atoms with Crippen LogP contribution in [0.4, 0.5) is 4.79 Å². The number of methoxy groups -OCH3 is 2. The van der Waals surface area contributed by atoms with Gasteiger partial charge in [0.25, 0.3) is 5.91 Å². The average molecular weight is 477 g/mol. The van der Waals surface area contributed by atoms with E-state index in [1.807, 2.05) is 18.2 Å². The standard InChI is InChI=1S/C26H28N4O5/c1-34-16-8-6-15(7-9-16)14-30-25(32)22(29-26(30)33)13-23(31)27-21-5-3-4-18-19-12-17(35-2)10-11-20(19)28-24(18)21/h6-12,21-22,28H,3-5,13-14H2,1-2H3,(H,27,31)(H,29,33)/t21-,22+/m1/s1. The number of urea groups is 1. The van der Waals surface area contributed by atoms with Gasteiger partial charge in [0.05, 0.1) is 33.2 Å². The van der Waals surface area contributed by atoms with Crippen LogP contribution in [0, 0.1) is 0 Å². The number of aromatic nitrogens is 1. The van der Waals surface area contributed by atoms with Crippen LogP contribution in [0.25, 0.3) is 10.9 Å². The van der Waals surface area contributed by atoms with Gasteiger partial charge >= 0.3 is 6.03 Å². The number of nitrogens with one attached hydrogen (secondary N) is 3. The van der Waals surface area contributed by atoms with E-state index in [1.165, 1.54) is 5.56 Å². The summed E-state index contributed by atoms with van der Waals surface area (Å²) in [4.78, 5) is 42.8. The molecule has 0 bridgehead atoms. The molecule has 0 saturated carbocycles. The molecule has 2 aliphatic rings. The fourth-order valence-electron chi connectivity index (χ4n) is 4.93. The molecule has 5 rings (SSSR count). The molecule has 1 fully saturated rings. The first-order valence-electron chi connectivity index (χ1n) is 11.7. The molecule has 4 amide bonds. The number of carbonyl (C=O) groups excluding carboxylic acids is 3. The van der Waals surface area contributed by atoms with Gasteiger partial charge in [-0.15, -0.1) is 0 Å². The minimum absolute atomic E-state index is 0.108. The molecule has 0 radical (unpaired) electrons. The Morgan fingerprint density at radius 3 is 2.57 bits per heavy atom. The van der Waals surface area contributed by atoms with Gasteiger partial charge in [-0.3, -0.25) is 14.5 Å². The topological polar surface area (TPSA) is 113 Å². The van der Waals surface area contributed by atoms with Crippen molar-refractivity contribution in [3.8, 4) is 11.5 Å². The quantitative estimate of drug-likeness (QED) is 0.454. The van der Waals surface area contributed by atoms with Gasteiger partial charge in [-0.05, 0) is 60.7 Å². The molecule has 3 aromatic rings. The van der Waals surface area contributed by atoms with Crippen molar-refractivity contribution in [3.63, 3.8) is 0 Å². The summed E-state index contributed by atoms with van der Waals surface area (Å²) < 4.78 is 10.5. The summed E-state index contributed by atoms with van der Waals surface area (Å²) in [5, 5.41) is 6.82. The summed E-state index contributed by atoms with van der Waals surface area (Å²) in [6.45, 7) is 0.136. The summed E-state index contributed by atoms with van der Waals surface area (Å²) >= 11 is 0. The lowest BCUT2D eigenvalue weighted by molar-refractivity contribution is -0.131. The van der Waals surface area contributed by atoms with Crippen molar-refractivity contribution in [1.82, 2.24) is 20.5 Å². The normalized spacial score (nSPS) is 19.4. The van der Waals surface area contributed by atoms with Crippen LogP contribution in [0.5, 0.6) is 11.5 Å². The SMILES string of the molecule is COc1ccc(CN2C(=O)N[C@@H](CC(=O)N[C@@H]3CCCc4c3[nH]c3ccc(OC)cc43)C2=O)cc1. The molecule has 9 nitrogen and oxygen atoms in total. The lowest BCUT2D eigenvalue weighted by Gasteiger charge is -2.24. The van der Waals surface area contributed by atoms with Gasteiger partial charge in [-0.25, -0.2) is 4.79 Å². The largest absolute Gasteiger partial charge is 0.497 e. The van der Waals surface area contributed by atoms with Crippen LogP contribution in [0.3, 0.4) is 0 Å². The Morgan fingerprint density at radius 2 is 1.83 bits per heavy atom. The number of nitrogens with zero attached hydrogens (tertiary/aromatic N) is 1. The summed E-state index contributed by atoms with van der Waals surface area (Å²) in [6.07, 6.45) is 2.56. The van der Waals surface area contributed by atoms with Gasteiger partial charge in [-0.2, -0.15) is 0 Å². The fraction of sp³-hybridized carbons (Fsp3) is 0.346. The number of aromatic amines is 1. The van der Waals surface area contributed by atoms with Crippen LogP contribution in [0.1, 0.15) is 42.1 Å². The molecule has 1 saturated heterocycles. The number of H-pyrrole nitrogens is 1. The van der Waals surface area contributed by atoms with Crippen molar-refractivity contribution in [1.29, 1.82) is 0 Å². The van der Waals surface area contributed by atoms with Crippen molar-refractivity contribution >= 4 is 28.7 Å². The lowest BCUT2D eigenvalue weighted by atomic mass is 9.91. The van der Waals surface area contributed by atoms with E-state index in [0.29, 0.717) is 5.75 Å². The molecular formula is C26H28N4O5. The van der Waals surface area contributed by atoms with E-state index in [-0.39, 0.29) is 24.9 Å². The third-order valence-corrected chi connectivity index (χ3v) is 6.75. The number of fused-ring (bicyclic) bond motifs is 3. The second-order valence-corrected chi connectivity index (χ2v) is 8.92. The predicted molar refractivity (Wildman–Crippen MR) is 129 cm³/mol. The molecular weight excluding hydrogens is 448 g/mol. The molecule has 2 atom stereocenters. The molecule has 1 aliphatic heterocycles. The lowest BCUT2D eigenvalue weighted by Crippen LogP contribution is -2.38. The maximum Gasteiger partial charge on any atom is 0.325 e. The number of ether oxygens (including phenoxy) is 2. The number of rotatable bonds is 7.